The summed E-state index contributed by atoms with van der Waals surface area (Å²) in [4.78, 5) is 25.3. The Morgan fingerprint density at radius 2 is 1.86 bits per heavy atom. The van der Waals surface area contributed by atoms with Gasteiger partial charge in [0.15, 0.2) is 11.0 Å². The van der Waals surface area contributed by atoms with Crippen LogP contribution >= 0.6 is 46.3 Å². The molecule has 2 aromatic carbocycles. The zero-order chi connectivity index (χ0) is 24.9. The van der Waals surface area contributed by atoms with Gasteiger partial charge in [-0.05, 0) is 36.8 Å². The summed E-state index contributed by atoms with van der Waals surface area (Å²) in [7, 11) is 1.31. The number of thioether (sulfide) groups is 1. The zero-order valence-electron chi connectivity index (χ0n) is 18.7. The van der Waals surface area contributed by atoms with Crippen molar-refractivity contribution in [3.05, 3.63) is 69.5 Å². The summed E-state index contributed by atoms with van der Waals surface area (Å²) in [6, 6.07) is 14.5. The highest BCUT2D eigenvalue weighted by Gasteiger charge is 2.23. The van der Waals surface area contributed by atoms with Gasteiger partial charge < -0.3 is 14.6 Å². The van der Waals surface area contributed by atoms with E-state index in [0.717, 1.165) is 11.1 Å². The Bertz CT molecular complexity index is 1370. The summed E-state index contributed by atoms with van der Waals surface area (Å²) in [5.74, 6) is -0.0462. The van der Waals surface area contributed by atoms with E-state index in [2.05, 4.69) is 15.5 Å². The van der Waals surface area contributed by atoms with Crippen molar-refractivity contribution in [1.82, 2.24) is 14.8 Å². The summed E-state index contributed by atoms with van der Waals surface area (Å²) >= 11 is 14.6. The largest absolute Gasteiger partial charge is 0.465 e. The average molecular weight is 547 g/mol. The number of nitrogens with one attached hydrogen (secondary N) is 1. The van der Waals surface area contributed by atoms with E-state index >= 15 is 0 Å². The first-order valence-corrected chi connectivity index (χ1v) is 13.1. The molecule has 11 heteroatoms. The van der Waals surface area contributed by atoms with Crippen molar-refractivity contribution in [2.75, 3.05) is 18.2 Å². The Morgan fingerprint density at radius 1 is 1.09 bits per heavy atom. The third-order valence-electron chi connectivity index (χ3n) is 5.04. The quantitative estimate of drug-likeness (QED) is 0.200. The molecule has 0 aliphatic rings. The molecule has 0 atom stereocenters. The molecule has 0 aliphatic heterocycles. The van der Waals surface area contributed by atoms with Gasteiger partial charge in [-0.2, -0.15) is 0 Å². The maximum Gasteiger partial charge on any atom is 0.341 e. The fourth-order valence-corrected chi connectivity index (χ4v) is 5.50. The number of esters is 1. The number of aromatic nitrogens is 3. The summed E-state index contributed by atoms with van der Waals surface area (Å²) in [5.41, 5.74) is 2.61. The molecule has 0 radical (unpaired) electrons. The summed E-state index contributed by atoms with van der Waals surface area (Å²) < 4.78 is 6.89. The number of hydrogen-bond donors (Lipinski definition) is 1. The number of anilines is 1. The van der Waals surface area contributed by atoms with Crippen molar-refractivity contribution in [2.24, 2.45) is 0 Å². The van der Waals surface area contributed by atoms with Gasteiger partial charge in [-0.1, -0.05) is 59.2 Å². The molecule has 35 heavy (non-hydrogen) atoms. The van der Waals surface area contributed by atoms with Crippen LogP contribution in [0.25, 0.3) is 22.5 Å². The molecule has 2 heterocycles. The fraction of sp³-hybridized carbons (Fsp3) is 0.167. The minimum atomic E-state index is -0.531. The van der Waals surface area contributed by atoms with Crippen molar-refractivity contribution < 1.29 is 14.3 Å². The van der Waals surface area contributed by atoms with Crippen molar-refractivity contribution in [1.29, 1.82) is 0 Å². The summed E-state index contributed by atoms with van der Waals surface area (Å²) in [6.07, 6.45) is 0. The minimum absolute atomic E-state index is 0.0858. The van der Waals surface area contributed by atoms with E-state index < -0.39 is 5.97 Å². The van der Waals surface area contributed by atoms with Crippen LogP contribution in [-0.4, -0.2) is 39.5 Å². The van der Waals surface area contributed by atoms with E-state index in [4.69, 9.17) is 27.9 Å². The first-order valence-electron chi connectivity index (χ1n) is 10.5. The predicted molar refractivity (Wildman–Crippen MR) is 142 cm³/mol. The van der Waals surface area contributed by atoms with Crippen molar-refractivity contribution >= 4 is 63.2 Å². The van der Waals surface area contributed by atoms with Gasteiger partial charge in [0.25, 0.3) is 0 Å². The number of thiophene rings is 1. The molecule has 1 amide bonds. The molecule has 2 aromatic heterocycles. The summed E-state index contributed by atoms with van der Waals surface area (Å²) in [6.45, 7) is 2.61. The molecule has 4 aromatic rings. The Hall–Kier alpha value is -2.85. The van der Waals surface area contributed by atoms with Crippen LogP contribution in [0.1, 0.15) is 17.3 Å². The number of ether oxygens (including phenoxy) is 1. The number of carbonyl (C=O) groups excluding carboxylic acids is 2. The third-order valence-corrected chi connectivity index (χ3v) is 7.39. The van der Waals surface area contributed by atoms with Crippen LogP contribution < -0.4 is 5.32 Å². The van der Waals surface area contributed by atoms with E-state index in [1.165, 1.54) is 30.2 Å². The molecule has 7 nitrogen and oxygen atoms in total. The lowest BCUT2D eigenvalue weighted by Gasteiger charge is -2.09. The van der Waals surface area contributed by atoms with Crippen LogP contribution in [0.3, 0.4) is 0 Å². The van der Waals surface area contributed by atoms with E-state index in [-0.39, 0.29) is 11.7 Å². The van der Waals surface area contributed by atoms with Gasteiger partial charge in [0.2, 0.25) is 5.91 Å². The number of benzene rings is 2. The molecule has 0 unspecified atom stereocenters. The number of hydrogen-bond acceptors (Lipinski definition) is 7. The van der Waals surface area contributed by atoms with Crippen LogP contribution in [0.15, 0.2) is 59.1 Å². The maximum atomic E-state index is 12.8. The molecule has 0 spiro atoms. The molecule has 4 rings (SSSR count). The molecule has 0 bridgehead atoms. The standard InChI is InChI=1S/C24H20Cl2N4O3S2/c1-3-30-21(15-5-4-6-17(26)11-15)28-29-24(30)35-13-19(31)27-22-20(23(32)33-2)18(12-34-22)14-7-9-16(25)10-8-14/h4-12H,3,13H2,1-2H3,(H,27,31). The van der Waals surface area contributed by atoms with Crippen molar-refractivity contribution in [3.8, 4) is 22.5 Å². The Morgan fingerprint density at radius 3 is 2.54 bits per heavy atom. The molecule has 1 N–H and O–H groups in total. The molecular formula is C24H20Cl2N4O3S2. The molecular weight excluding hydrogens is 527 g/mol. The highest BCUT2D eigenvalue weighted by molar-refractivity contribution is 7.99. The molecule has 0 fully saturated rings. The van der Waals surface area contributed by atoms with Gasteiger partial charge in [-0.15, -0.1) is 21.5 Å². The van der Waals surface area contributed by atoms with Gasteiger partial charge in [0.05, 0.1) is 12.9 Å². The SMILES string of the molecule is CCn1c(SCC(=O)Nc2scc(-c3ccc(Cl)cc3)c2C(=O)OC)nnc1-c1cccc(Cl)c1. The smallest absolute Gasteiger partial charge is 0.341 e. The van der Waals surface area contributed by atoms with Crippen LogP contribution in [0.4, 0.5) is 5.00 Å². The number of amides is 1. The van der Waals surface area contributed by atoms with Gasteiger partial charge >= 0.3 is 5.97 Å². The van der Waals surface area contributed by atoms with Crippen LogP contribution in [-0.2, 0) is 16.1 Å². The lowest BCUT2D eigenvalue weighted by atomic mass is 10.0. The lowest BCUT2D eigenvalue weighted by molar-refractivity contribution is -0.113. The molecule has 180 valence electrons. The van der Waals surface area contributed by atoms with Gasteiger partial charge in [0.1, 0.15) is 10.6 Å². The van der Waals surface area contributed by atoms with E-state index in [1.54, 1.807) is 18.2 Å². The van der Waals surface area contributed by atoms with Crippen LogP contribution in [0.2, 0.25) is 10.0 Å². The topological polar surface area (TPSA) is 86.1 Å². The molecule has 0 saturated carbocycles. The van der Waals surface area contributed by atoms with E-state index in [9.17, 15) is 9.59 Å². The minimum Gasteiger partial charge on any atom is -0.465 e. The number of rotatable bonds is 8. The number of carbonyl (C=O) groups is 2. The van der Waals surface area contributed by atoms with Gasteiger partial charge in [-0.25, -0.2) is 4.79 Å². The Labute approximate surface area is 220 Å². The zero-order valence-corrected chi connectivity index (χ0v) is 21.9. The lowest BCUT2D eigenvalue weighted by Crippen LogP contribution is -2.16. The number of methoxy groups -OCH3 is 1. The molecule has 0 aliphatic carbocycles. The van der Waals surface area contributed by atoms with Crippen molar-refractivity contribution in [2.45, 2.75) is 18.6 Å². The monoisotopic (exact) mass is 546 g/mol. The highest BCUT2D eigenvalue weighted by atomic mass is 35.5. The van der Waals surface area contributed by atoms with Crippen LogP contribution in [0, 0.1) is 0 Å². The second-order valence-corrected chi connectivity index (χ2v) is 9.94. The van der Waals surface area contributed by atoms with Gasteiger partial charge in [0, 0.05) is 33.1 Å². The Balaban J connectivity index is 1.51. The first-order chi connectivity index (χ1) is 16.9. The normalized spacial score (nSPS) is 10.9. The number of halogens is 2. The molecule has 0 saturated heterocycles. The number of nitrogens with zero attached hydrogens (tertiary/aromatic N) is 3. The van der Waals surface area contributed by atoms with Crippen LogP contribution in [0.5, 0.6) is 0 Å². The Kier molecular flexibility index (Phi) is 8.12. The summed E-state index contributed by atoms with van der Waals surface area (Å²) in [5, 5.41) is 15.4. The fourth-order valence-electron chi connectivity index (χ4n) is 3.41. The average Bonchev–Trinajstić information content (AvgIpc) is 3.46. The van der Waals surface area contributed by atoms with Gasteiger partial charge in [-0.3, -0.25) is 4.79 Å². The second kappa shape index (κ2) is 11.3. The van der Waals surface area contributed by atoms with E-state index in [0.29, 0.717) is 43.7 Å². The highest BCUT2D eigenvalue weighted by Crippen LogP contribution is 2.37. The first kappa shape index (κ1) is 25.2. The van der Waals surface area contributed by atoms with Crippen molar-refractivity contribution in [3.63, 3.8) is 0 Å². The third kappa shape index (κ3) is 5.70. The second-order valence-electron chi connectivity index (χ2n) is 7.25. The maximum absolute atomic E-state index is 12.8. The predicted octanol–water partition coefficient (Wildman–Crippen LogP) is 6.52. The van der Waals surface area contributed by atoms with E-state index in [1.807, 2.05) is 47.2 Å².